The van der Waals surface area contributed by atoms with Crippen LogP contribution in [0.5, 0.6) is 0 Å². The maximum absolute atomic E-state index is 3.91. The summed E-state index contributed by atoms with van der Waals surface area (Å²) in [6.07, 6.45) is 0.223. The smallest absolute Gasteiger partial charge is 0.152 e. The number of hydrogen-bond donors (Lipinski definition) is 0. The first kappa shape index (κ1) is 7.29. The highest BCUT2D eigenvalue weighted by atomic mass is 16.5. The number of aliphatic hydroxyl groups is 2. The van der Waals surface area contributed by atoms with Crippen molar-refractivity contribution in [1.82, 2.24) is 0 Å². The van der Waals surface area contributed by atoms with E-state index in [0.717, 1.165) is 0 Å². The van der Waals surface area contributed by atoms with Crippen molar-refractivity contribution in [1.29, 1.82) is 0 Å². The molecule has 0 aromatic heterocycles. The monoisotopic (exact) mass is 136 g/mol. The molecule has 10 heavy (non-hydrogen) atoms. The third-order valence-corrected chi connectivity index (χ3v) is 1.56. The second-order valence-corrected chi connectivity index (χ2v) is 2.27. The minimum Gasteiger partial charge on any atom is -0.576 e. The molecule has 0 heterocycles. The van der Waals surface area contributed by atoms with Gasteiger partial charge in [0.25, 0.3) is 0 Å². The van der Waals surface area contributed by atoms with Crippen LogP contribution in [0, 0.1) is 7.11 Å². The van der Waals surface area contributed by atoms with E-state index in [2.05, 4.69) is 24.0 Å². The zero-order chi connectivity index (χ0) is 7.40. The fourth-order valence-electron chi connectivity index (χ4n) is 0.837. The first-order chi connectivity index (χ1) is 4.84. The van der Waals surface area contributed by atoms with Crippen molar-refractivity contribution in [2.75, 3.05) is 0 Å². The minimum absolute atomic E-state index is 0.223. The lowest BCUT2D eigenvalue weighted by Crippen LogP contribution is -1.96. The molecule has 0 aliphatic heterocycles. The molecule has 0 amide bonds. The van der Waals surface area contributed by atoms with Gasteiger partial charge >= 0.3 is 0 Å². The SMILES string of the molecule is [CH2-][OH+][C@@H](C)c1ccccc1. The Morgan fingerprint density at radius 1 is 1.30 bits per heavy atom. The van der Waals surface area contributed by atoms with Crippen LogP contribution in [0.1, 0.15) is 18.6 Å². The van der Waals surface area contributed by atoms with Crippen LogP contribution < -0.4 is 0 Å². The predicted molar refractivity (Wildman–Crippen MR) is 42.4 cm³/mol. The lowest BCUT2D eigenvalue weighted by Gasteiger charge is -2.09. The highest BCUT2D eigenvalue weighted by molar-refractivity contribution is 5.16. The van der Waals surface area contributed by atoms with Crippen molar-refractivity contribution in [3.05, 3.63) is 43.0 Å². The Hall–Kier alpha value is -0.820. The molecule has 1 aromatic carbocycles. The summed E-state index contributed by atoms with van der Waals surface area (Å²) in [6.45, 7) is 2.03. The summed E-state index contributed by atoms with van der Waals surface area (Å²) in [7, 11) is 3.49. The average molecular weight is 136 g/mol. The predicted octanol–water partition coefficient (Wildman–Crippen LogP) is 2.07. The lowest BCUT2D eigenvalue weighted by atomic mass is 10.1. The molecule has 1 rings (SSSR count). The Labute approximate surface area is 61.6 Å². The molecule has 1 N–H and O–H groups in total. The Bertz CT molecular complexity index is 181. The van der Waals surface area contributed by atoms with Crippen molar-refractivity contribution >= 4 is 0 Å². The molecule has 1 nitrogen and oxygen atoms in total. The minimum atomic E-state index is 0.223. The lowest BCUT2D eigenvalue weighted by molar-refractivity contribution is -0.0150. The van der Waals surface area contributed by atoms with Gasteiger partial charge in [0.15, 0.2) is 6.10 Å². The Kier molecular flexibility index (Phi) is 2.46. The van der Waals surface area contributed by atoms with Gasteiger partial charge in [-0.15, -0.1) is 0 Å². The standard InChI is InChI=1S/C9H12O/c1-8(10-2)9-6-4-3-5-7-9/h3-8,10H,2H2,1H3/t8-/m0/s1. The second kappa shape index (κ2) is 3.37. The van der Waals surface area contributed by atoms with Crippen molar-refractivity contribution in [2.45, 2.75) is 13.0 Å². The summed E-state index contributed by atoms with van der Waals surface area (Å²) in [5, 5.41) is 0. The molecule has 1 heteroatoms. The maximum atomic E-state index is 3.91. The molecule has 0 saturated heterocycles. The van der Waals surface area contributed by atoms with Gasteiger partial charge < -0.3 is 4.74 Å². The average Bonchev–Trinajstić information content (AvgIpc) is 2.05. The molecule has 0 saturated carbocycles. The molecule has 0 unspecified atom stereocenters. The van der Waals surface area contributed by atoms with Gasteiger partial charge in [0.2, 0.25) is 0 Å². The van der Waals surface area contributed by atoms with E-state index >= 15 is 0 Å². The van der Waals surface area contributed by atoms with E-state index < -0.39 is 0 Å². The molecular formula is C9H12O. The van der Waals surface area contributed by atoms with Crippen LogP contribution >= 0.6 is 0 Å². The van der Waals surface area contributed by atoms with Gasteiger partial charge in [-0.3, -0.25) is 0 Å². The first-order valence-corrected chi connectivity index (χ1v) is 3.35. The van der Waals surface area contributed by atoms with Crippen LogP contribution in [0.25, 0.3) is 0 Å². The molecule has 0 radical (unpaired) electrons. The van der Waals surface area contributed by atoms with Crippen LogP contribution in [0.2, 0.25) is 0 Å². The van der Waals surface area contributed by atoms with Crippen LogP contribution in [0.4, 0.5) is 0 Å². The van der Waals surface area contributed by atoms with E-state index in [9.17, 15) is 0 Å². The fourth-order valence-corrected chi connectivity index (χ4v) is 0.837. The fraction of sp³-hybridized carbons (Fsp3) is 0.222. The van der Waals surface area contributed by atoms with Crippen molar-refractivity contribution in [3.63, 3.8) is 0 Å². The van der Waals surface area contributed by atoms with Crippen LogP contribution in [-0.2, 0) is 0 Å². The number of benzene rings is 1. The normalized spacial score (nSPS) is 13.0. The van der Waals surface area contributed by atoms with Gasteiger partial charge in [-0.25, -0.2) is 0 Å². The first-order valence-electron chi connectivity index (χ1n) is 3.35. The second-order valence-electron chi connectivity index (χ2n) is 2.27. The van der Waals surface area contributed by atoms with Crippen molar-refractivity contribution in [3.8, 4) is 0 Å². The van der Waals surface area contributed by atoms with Gasteiger partial charge in [0.05, 0.1) is 0 Å². The molecule has 54 valence electrons. The maximum Gasteiger partial charge on any atom is 0.152 e. The molecule has 0 aliphatic rings. The summed E-state index contributed by atoms with van der Waals surface area (Å²) < 4.78 is 3.91. The van der Waals surface area contributed by atoms with Crippen LogP contribution in [-0.4, -0.2) is 4.74 Å². The summed E-state index contributed by atoms with van der Waals surface area (Å²) in [6, 6.07) is 10.1. The van der Waals surface area contributed by atoms with Gasteiger partial charge in [-0.05, 0) is 0 Å². The van der Waals surface area contributed by atoms with Gasteiger partial charge in [-0.2, -0.15) is 0 Å². The Morgan fingerprint density at radius 3 is 2.40 bits per heavy atom. The largest absolute Gasteiger partial charge is 0.576 e. The van der Waals surface area contributed by atoms with Crippen LogP contribution in [0.15, 0.2) is 30.3 Å². The highest BCUT2D eigenvalue weighted by Gasteiger charge is 2.01. The van der Waals surface area contributed by atoms with E-state index in [0.29, 0.717) is 0 Å². The molecule has 0 aliphatic carbocycles. The summed E-state index contributed by atoms with van der Waals surface area (Å²) in [5.41, 5.74) is 1.22. The third kappa shape index (κ3) is 1.58. The highest BCUT2D eigenvalue weighted by Crippen LogP contribution is 2.12. The molecule has 1 aromatic rings. The summed E-state index contributed by atoms with van der Waals surface area (Å²) in [4.78, 5) is 0. The zero-order valence-corrected chi connectivity index (χ0v) is 6.12. The van der Waals surface area contributed by atoms with Gasteiger partial charge in [0, 0.05) is 12.5 Å². The van der Waals surface area contributed by atoms with E-state index in [1.807, 2.05) is 25.1 Å². The number of ether oxygens (including phenoxy) is 1. The molecule has 0 fully saturated rings. The van der Waals surface area contributed by atoms with E-state index in [-0.39, 0.29) is 6.10 Å². The van der Waals surface area contributed by atoms with E-state index in [1.54, 1.807) is 0 Å². The Morgan fingerprint density at radius 2 is 1.90 bits per heavy atom. The molecule has 1 atom stereocenters. The number of hydrogen-bond acceptors (Lipinski definition) is 0. The van der Waals surface area contributed by atoms with Gasteiger partial charge in [-0.1, -0.05) is 37.4 Å². The Balaban J connectivity index is 2.75. The van der Waals surface area contributed by atoms with Gasteiger partial charge in [0.1, 0.15) is 0 Å². The van der Waals surface area contributed by atoms with Crippen LogP contribution in [0.3, 0.4) is 0 Å². The van der Waals surface area contributed by atoms with Crippen molar-refractivity contribution < 1.29 is 4.74 Å². The van der Waals surface area contributed by atoms with E-state index in [1.165, 1.54) is 5.56 Å². The van der Waals surface area contributed by atoms with Crippen molar-refractivity contribution in [2.24, 2.45) is 0 Å². The van der Waals surface area contributed by atoms with E-state index in [4.69, 9.17) is 0 Å². The summed E-state index contributed by atoms with van der Waals surface area (Å²) >= 11 is 0. The number of rotatable bonds is 2. The quantitative estimate of drug-likeness (QED) is 0.436. The topological polar surface area (TPSA) is 12.8 Å². The molecule has 0 bridgehead atoms. The molecular weight excluding hydrogens is 124 g/mol. The third-order valence-electron chi connectivity index (χ3n) is 1.56. The zero-order valence-electron chi connectivity index (χ0n) is 6.12. The summed E-state index contributed by atoms with van der Waals surface area (Å²) in [5.74, 6) is 0. The molecule has 0 spiro atoms.